The van der Waals surface area contributed by atoms with Crippen LogP contribution in [0.2, 0.25) is 0 Å². The lowest BCUT2D eigenvalue weighted by molar-refractivity contribution is 0.242. The highest BCUT2D eigenvalue weighted by Crippen LogP contribution is 2.16. The van der Waals surface area contributed by atoms with Crippen LogP contribution in [0.4, 0.5) is 5.69 Å². The number of nitrogens with one attached hydrogen (secondary N) is 1. The molecule has 134 valence electrons. The van der Waals surface area contributed by atoms with Crippen LogP contribution in [0.25, 0.3) is 0 Å². The van der Waals surface area contributed by atoms with E-state index in [1.54, 1.807) is 0 Å². The third kappa shape index (κ3) is 6.76. The van der Waals surface area contributed by atoms with Gasteiger partial charge >= 0.3 is 0 Å². The second kappa shape index (κ2) is 9.49. The van der Waals surface area contributed by atoms with Crippen LogP contribution in [0.5, 0.6) is 5.75 Å². The molecular weight excluding hydrogens is 302 g/mol. The predicted molar refractivity (Wildman–Crippen MR) is 101 cm³/mol. The highest BCUT2D eigenvalue weighted by molar-refractivity contribution is 5.92. The summed E-state index contributed by atoms with van der Waals surface area (Å²) < 4.78 is 5.63. The van der Waals surface area contributed by atoms with Crippen molar-refractivity contribution in [3.63, 3.8) is 0 Å². The maximum atomic E-state index is 5.97. The Morgan fingerprint density at radius 3 is 2.67 bits per heavy atom. The van der Waals surface area contributed by atoms with Crippen LogP contribution >= 0.6 is 0 Å². The number of hydrogen-bond donors (Lipinski definition) is 2. The fraction of sp³-hybridized carbons (Fsp3) is 0.611. The zero-order chi connectivity index (χ0) is 17.4. The molecule has 0 spiro atoms. The minimum atomic E-state index is 0.175. The van der Waals surface area contributed by atoms with Gasteiger partial charge in [0.15, 0.2) is 5.96 Å². The Labute approximate surface area is 145 Å². The second-order valence-corrected chi connectivity index (χ2v) is 6.58. The van der Waals surface area contributed by atoms with E-state index in [-0.39, 0.29) is 6.10 Å². The van der Waals surface area contributed by atoms with Crippen LogP contribution in [-0.4, -0.2) is 68.2 Å². The van der Waals surface area contributed by atoms with Gasteiger partial charge in [0.05, 0.1) is 12.6 Å². The topological polar surface area (TPSA) is 66.1 Å². The summed E-state index contributed by atoms with van der Waals surface area (Å²) in [6.07, 6.45) is 1.40. The van der Waals surface area contributed by atoms with E-state index in [0.29, 0.717) is 5.96 Å². The van der Waals surface area contributed by atoms with E-state index in [2.05, 4.69) is 27.2 Å². The molecule has 6 nitrogen and oxygen atoms in total. The van der Waals surface area contributed by atoms with Gasteiger partial charge < -0.3 is 25.6 Å². The number of anilines is 1. The molecule has 3 N–H and O–H groups in total. The molecule has 6 heteroatoms. The minimum Gasteiger partial charge on any atom is -0.491 e. The van der Waals surface area contributed by atoms with Crippen LogP contribution in [-0.2, 0) is 0 Å². The van der Waals surface area contributed by atoms with Gasteiger partial charge in [-0.15, -0.1) is 0 Å². The van der Waals surface area contributed by atoms with E-state index < -0.39 is 0 Å². The molecule has 0 atom stereocenters. The van der Waals surface area contributed by atoms with Gasteiger partial charge in [0, 0.05) is 25.3 Å². The second-order valence-electron chi connectivity index (χ2n) is 6.58. The summed E-state index contributed by atoms with van der Waals surface area (Å²) in [5.41, 5.74) is 6.89. The van der Waals surface area contributed by atoms with Crippen molar-refractivity contribution in [2.75, 3.05) is 51.6 Å². The van der Waals surface area contributed by atoms with Crippen molar-refractivity contribution < 1.29 is 4.74 Å². The van der Waals surface area contributed by atoms with Crippen molar-refractivity contribution in [2.45, 2.75) is 26.4 Å². The molecule has 0 saturated carbocycles. The van der Waals surface area contributed by atoms with E-state index in [4.69, 9.17) is 10.5 Å². The standard InChI is InChI=1S/C18H31N5O/c1-15(2)24-17-7-5-16(6-8-17)21-18(19)20-9-12-23-11-4-10-22(3)13-14-23/h5-8,15H,4,9-14H2,1-3H3,(H3,19,20,21). The Bertz CT molecular complexity index is 515. The molecule has 1 aromatic rings. The van der Waals surface area contributed by atoms with Crippen LogP contribution in [0, 0.1) is 0 Å². The maximum absolute atomic E-state index is 5.97. The van der Waals surface area contributed by atoms with Gasteiger partial charge in [0.1, 0.15) is 5.75 Å². The van der Waals surface area contributed by atoms with E-state index in [0.717, 1.165) is 44.2 Å². The van der Waals surface area contributed by atoms with Gasteiger partial charge in [-0.05, 0) is 64.7 Å². The summed E-state index contributed by atoms with van der Waals surface area (Å²) in [6, 6.07) is 7.77. The van der Waals surface area contributed by atoms with Crippen molar-refractivity contribution in [2.24, 2.45) is 10.7 Å². The van der Waals surface area contributed by atoms with E-state index in [1.165, 1.54) is 13.0 Å². The van der Waals surface area contributed by atoms with Gasteiger partial charge in [-0.3, -0.25) is 4.99 Å². The SMILES string of the molecule is CC(C)Oc1ccc(NC(N)=NCCN2CCCN(C)CC2)cc1. The number of rotatable bonds is 6. The lowest BCUT2D eigenvalue weighted by Gasteiger charge is -2.18. The molecule has 1 aliphatic heterocycles. The third-order valence-corrected chi connectivity index (χ3v) is 4.01. The number of aliphatic imine (C=N–C) groups is 1. The Hall–Kier alpha value is -1.79. The summed E-state index contributed by atoms with van der Waals surface area (Å²) in [5.74, 6) is 1.32. The molecule has 1 fully saturated rings. The molecule has 0 aromatic heterocycles. The lowest BCUT2D eigenvalue weighted by atomic mass is 10.3. The largest absolute Gasteiger partial charge is 0.491 e. The minimum absolute atomic E-state index is 0.175. The van der Waals surface area contributed by atoms with Gasteiger partial charge in [-0.1, -0.05) is 0 Å². The molecule has 1 aliphatic rings. The number of benzene rings is 1. The van der Waals surface area contributed by atoms with Crippen LogP contribution in [0.3, 0.4) is 0 Å². The van der Waals surface area contributed by atoms with Crippen molar-refractivity contribution in [3.8, 4) is 5.75 Å². The van der Waals surface area contributed by atoms with Crippen LogP contribution in [0.1, 0.15) is 20.3 Å². The van der Waals surface area contributed by atoms with Crippen LogP contribution in [0.15, 0.2) is 29.3 Å². The first-order chi connectivity index (χ1) is 11.5. The molecule has 1 heterocycles. The number of likely N-dealkylation sites (N-methyl/N-ethyl adjacent to an activating group) is 1. The van der Waals surface area contributed by atoms with E-state index >= 15 is 0 Å². The summed E-state index contributed by atoms with van der Waals surface area (Å²) in [4.78, 5) is 9.27. The molecule has 0 radical (unpaired) electrons. The normalized spacial score (nSPS) is 17.8. The first-order valence-corrected chi connectivity index (χ1v) is 8.77. The van der Waals surface area contributed by atoms with Gasteiger partial charge in [0.2, 0.25) is 0 Å². The van der Waals surface area contributed by atoms with Gasteiger partial charge in [0.25, 0.3) is 0 Å². The lowest BCUT2D eigenvalue weighted by Crippen LogP contribution is -2.32. The summed E-state index contributed by atoms with van der Waals surface area (Å²) in [6.45, 7) is 10.3. The van der Waals surface area contributed by atoms with Gasteiger partial charge in [-0.25, -0.2) is 0 Å². The quantitative estimate of drug-likeness (QED) is 0.614. The summed E-state index contributed by atoms with van der Waals surface area (Å²) in [5, 5.41) is 3.13. The molecular formula is C18H31N5O. The van der Waals surface area contributed by atoms with Crippen molar-refractivity contribution in [1.82, 2.24) is 9.80 Å². The molecule has 2 rings (SSSR count). The molecule has 0 bridgehead atoms. The van der Waals surface area contributed by atoms with Crippen molar-refractivity contribution in [3.05, 3.63) is 24.3 Å². The fourth-order valence-electron chi connectivity index (χ4n) is 2.71. The first-order valence-electron chi connectivity index (χ1n) is 8.77. The molecule has 1 aromatic carbocycles. The van der Waals surface area contributed by atoms with Crippen LogP contribution < -0.4 is 15.8 Å². The Morgan fingerprint density at radius 1 is 1.21 bits per heavy atom. The summed E-state index contributed by atoms with van der Waals surface area (Å²) in [7, 11) is 2.18. The highest BCUT2D eigenvalue weighted by Gasteiger charge is 2.11. The molecule has 0 aliphatic carbocycles. The van der Waals surface area contributed by atoms with Crippen molar-refractivity contribution in [1.29, 1.82) is 0 Å². The van der Waals surface area contributed by atoms with Gasteiger partial charge in [-0.2, -0.15) is 0 Å². The number of ether oxygens (including phenoxy) is 1. The monoisotopic (exact) mass is 333 g/mol. The maximum Gasteiger partial charge on any atom is 0.193 e. The Balaban J connectivity index is 1.75. The first kappa shape index (κ1) is 18.5. The number of hydrogen-bond acceptors (Lipinski definition) is 4. The Kier molecular flexibility index (Phi) is 7.34. The molecule has 0 amide bonds. The highest BCUT2D eigenvalue weighted by atomic mass is 16.5. The van der Waals surface area contributed by atoms with E-state index in [9.17, 15) is 0 Å². The Morgan fingerprint density at radius 2 is 1.96 bits per heavy atom. The number of nitrogens with two attached hydrogens (primary N) is 1. The molecule has 0 unspecified atom stereocenters. The molecule has 1 saturated heterocycles. The average molecular weight is 333 g/mol. The predicted octanol–water partition coefficient (Wildman–Crippen LogP) is 1.84. The smallest absolute Gasteiger partial charge is 0.193 e. The van der Waals surface area contributed by atoms with Crippen molar-refractivity contribution >= 4 is 11.6 Å². The zero-order valence-electron chi connectivity index (χ0n) is 15.2. The number of nitrogens with zero attached hydrogens (tertiary/aromatic N) is 3. The third-order valence-electron chi connectivity index (χ3n) is 4.01. The summed E-state index contributed by atoms with van der Waals surface area (Å²) >= 11 is 0. The number of guanidine groups is 1. The zero-order valence-corrected chi connectivity index (χ0v) is 15.2. The average Bonchev–Trinajstić information content (AvgIpc) is 2.73. The van der Waals surface area contributed by atoms with E-state index in [1.807, 2.05) is 38.1 Å². The molecule has 24 heavy (non-hydrogen) atoms. The fourth-order valence-corrected chi connectivity index (χ4v) is 2.71.